The number of fused-ring (bicyclic) bond motifs is 1. The highest BCUT2D eigenvalue weighted by atomic mass is 79.9. The molecule has 0 aliphatic carbocycles. The Kier molecular flexibility index (Phi) is 3.82. The fraction of sp³-hybridized carbons (Fsp3) is 0.333. The monoisotopic (exact) mass is 347 g/mol. The van der Waals surface area contributed by atoms with Crippen LogP contribution < -0.4 is 5.32 Å². The first-order valence-corrected chi connectivity index (χ1v) is 7.66. The predicted octanol–water partition coefficient (Wildman–Crippen LogP) is 2.61. The molecule has 0 saturated heterocycles. The molecular formula is C15H18BrN5. The third-order valence-corrected chi connectivity index (χ3v) is 4.70. The molecule has 0 fully saturated rings. The smallest absolute Gasteiger partial charge is 0.140 e. The fourth-order valence-electron chi connectivity index (χ4n) is 2.66. The van der Waals surface area contributed by atoms with E-state index in [0.29, 0.717) is 0 Å². The molecule has 0 aliphatic heterocycles. The van der Waals surface area contributed by atoms with E-state index in [2.05, 4.69) is 48.2 Å². The SMILES string of the molecule is CNCc1cn(Cc2c(Br)c(C)nn2C)c2ncccc12. The van der Waals surface area contributed by atoms with E-state index >= 15 is 0 Å². The number of hydrogen-bond donors (Lipinski definition) is 1. The molecule has 5 nitrogen and oxygen atoms in total. The molecule has 3 rings (SSSR count). The highest BCUT2D eigenvalue weighted by Gasteiger charge is 2.14. The van der Waals surface area contributed by atoms with Crippen LogP contribution in [0.15, 0.2) is 29.0 Å². The molecule has 0 amide bonds. The molecule has 0 bridgehead atoms. The van der Waals surface area contributed by atoms with Gasteiger partial charge < -0.3 is 9.88 Å². The maximum Gasteiger partial charge on any atom is 0.140 e. The molecule has 0 saturated carbocycles. The Hall–Kier alpha value is -1.66. The number of aryl methyl sites for hydroxylation is 2. The Balaban J connectivity index is 2.08. The van der Waals surface area contributed by atoms with Crippen molar-refractivity contribution in [2.75, 3.05) is 7.05 Å². The van der Waals surface area contributed by atoms with E-state index in [1.54, 1.807) is 0 Å². The number of aromatic nitrogens is 4. The van der Waals surface area contributed by atoms with E-state index in [1.807, 2.05) is 38.0 Å². The van der Waals surface area contributed by atoms with Crippen LogP contribution in [0.1, 0.15) is 17.0 Å². The third kappa shape index (κ3) is 2.49. The second-order valence-corrected chi connectivity index (χ2v) is 5.95. The molecule has 0 spiro atoms. The first-order chi connectivity index (χ1) is 10.1. The van der Waals surface area contributed by atoms with Gasteiger partial charge in [-0.3, -0.25) is 4.68 Å². The highest BCUT2D eigenvalue weighted by Crippen LogP contribution is 2.24. The lowest BCUT2D eigenvalue weighted by Gasteiger charge is -2.06. The molecular weight excluding hydrogens is 330 g/mol. The van der Waals surface area contributed by atoms with Gasteiger partial charge in [-0.05, 0) is 47.6 Å². The van der Waals surface area contributed by atoms with Gasteiger partial charge in [-0.15, -0.1) is 0 Å². The molecule has 0 unspecified atom stereocenters. The average molecular weight is 348 g/mol. The zero-order valence-corrected chi connectivity index (χ0v) is 14.0. The van der Waals surface area contributed by atoms with E-state index in [9.17, 15) is 0 Å². The van der Waals surface area contributed by atoms with Crippen LogP contribution >= 0.6 is 15.9 Å². The van der Waals surface area contributed by atoms with E-state index in [-0.39, 0.29) is 0 Å². The molecule has 0 aliphatic rings. The highest BCUT2D eigenvalue weighted by molar-refractivity contribution is 9.10. The molecule has 0 aromatic carbocycles. The van der Waals surface area contributed by atoms with Crippen LogP contribution in [-0.2, 0) is 20.1 Å². The van der Waals surface area contributed by atoms with Gasteiger partial charge in [0, 0.05) is 31.4 Å². The molecule has 0 atom stereocenters. The maximum absolute atomic E-state index is 4.54. The van der Waals surface area contributed by atoms with Crippen LogP contribution in [-0.4, -0.2) is 26.4 Å². The van der Waals surface area contributed by atoms with Crippen LogP contribution in [0.4, 0.5) is 0 Å². The lowest BCUT2D eigenvalue weighted by Crippen LogP contribution is -2.06. The molecule has 21 heavy (non-hydrogen) atoms. The molecule has 3 aromatic heterocycles. The summed E-state index contributed by atoms with van der Waals surface area (Å²) in [6.45, 7) is 3.59. The van der Waals surface area contributed by atoms with Gasteiger partial charge in [0.05, 0.1) is 22.4 Å². The third-order valence-electron chi connectivity index (χ3n) is 3.67. The summed E-state index contributed by atoms with van der Waals surface area (Å²) in [6.07, 6.45) is 4.01. The minimum Gasteiger partial charge on any atom is -0.326 e. The predicted molar refractivity (Wildman–Crippen MR) is 87.2 cm³/mol. The van der Waals surface area contributed by atoms with Gasteiger partial charge in [-0.1, -0.05) is 0 Å². The summed E-state index contributed by atoms with van der Waals surface area (Å²) in [5, 5.41) is 8.86. The number of nitrogens with zero attached hydrogens (tertiary/aromatic N) is 4. The van der Waals surface area contributed by atoms with Crippen LogP contribution in [0.25, 0.3) is 11.0 Å². The van der Waals surface area contributed by atoms with Crippen LogP contribution in [0.2, 0.25) is 0 Å². The van der Waals surface area contributed by atoms with Crippen LogP contribution in [0.3, 0.4) is 0 Å². The second-order valence-electron chi connectivity index (χ2n) is 5.16. The number of hydrogen-bond acceptors (Lipinski definition) is 3. The summed E-state index contributed by atoms with van der Waals surface area (Å²) in [5.74, 6) is 0. The van der Waals surface area contributed by atoms with E-state index in [1.165, 1.54) is 10.9 Å². The first kappa shape index (κ1) is 14.3. The molecule has 0 radical (unpaired) electrons. The van der Waals surface area contributed by atoms with Gasteiger partial charge in [0.25, 0.3) is 0 Å². The van der Waals surface area contributed by atoms with E-state index < -0.39 is 0 Å². The lowest BCUT2D eigenvalue weighted by molar-refractivity contribution is 0.668. The summed E-state index contributed by atoms with van der Waals surface area (Å²) < 4.78 is 5.17. The van der Waals surface area contributed by atoms with Crippen molar-refractivity contribution in [3.8, 4) is 0 Å². The van der Waals surface area contributed by atoms with Crippen LogP contribution in [0.5, 0.6) is 0 Å². The standard InChI is InChI=1S/C15H18BrN5/c1-10-14(16)13(20(3)19-10)9-21-8-11(7-17-2)12-5-4-6-18-15(12)21/h4-6,8,17H,7,9H2,1-3H3. The topological polar surface area (TPSA) is 47.7 Å². The Morgan fingerprint density at radius 1 is 1.38 bits per heavy atom. The van der Waals surface area contributed by atoms with Crippen molar-refractivity contribution in [1.29, 1.82) is 0 Å². The maximum atomic E-state index is 4.54. The molecule has 6 heteroatoms. The Bertz CT molecular complexity index is 787. The quantitative estimate of drug-likeness (QED) is 0.789. The summed E-state index contributed by atoms with van der Waals surface area (Å²) in [6, 6.07) is 4.10. The molecule has 3 heterocycles. The van der Waals surface area contributed by atoms with Gasteiger partial charge in [0.1, 0.15) is 5.65 Å². The Labute approximate surface area is 132 Å². The second kappa shape index (κ2) is 5.61. The summed E-state index contributed by atoms with van der Waals surface area (Å²) >= 11 is 3.63. The van der Waals surface area contributed by atoms with Crippen molar-refractivity contribution < 1.29 is 0 Å². The summed E-state index contributed by atoms with van der Waals surface area (Å²) in [5.41, 5.74) is 4.42. The largest absolute Gasteiger partial charge is 0.326 e. The van der Waals surface area contributed by atoms with Crippen molar-refractivity contribution >= 4 is 27.0 Å². The molecule has 110 valence electrons. The number of nitrogens with one attached hydrogen (secondary N) is 1. The normalized spacial score (nSPS) is 11.4. The van der Waals surface area contributed by atoms with Gasteiger partial charge in [-0.25, -0.2) is 4.98 Å². The van der Waals surface area contributed by atoms with Crippen molar-refractivity contribution in [2.24, 2.45) is 7.05 Å². The van der Waals surface area contributed by atoms with Crippen molar-refractivity contribution in [3.05, 3.63) is 46.0 Å². The first-order valence-electron chi connectivity index (χ1n) is 6.87. The average Bonchev–Trinajstić information content (AvgIpc) is 2.93. The van der Waals surface area contributed by atoms with Crippen LogP contribution in [0, 0.1) is 6.92 Å². The Morgan fingerprint density at radius 3 is 2.86 bits per heavy atom. The van der Waals surface area contributed by atoms with E-state index in [0.717, 1.165) is 34.6 Å². The number of rotatable bonds is 4. The fourth-order valence-corrected chi connectivity index (χ4v) is 3.12. The molecule has 3 aromatic rings. The van der Waals surface area contributed by atoms with Crippen molar-refractivity contribution in [1.82, 2.24) is 24.6 Å². The number of halogens is 1. The lowest BCUT2D eigenvalue weighted by atomic mass is 10.2. The van der Waals surface area contributed by atoms with Gasteiger partial charge >= 0.3 is 0 Å². The minimum atomic E-state index is 0.745. The summed E-state index contributed by atoms with van der Waals surface area (Å²) in [4.78, 5) is 4.54. The van der Waals surface area contributed by atoms with E-state index in [4.69, 9.17) is 0 Å². The van der Waals surface area contributed by atoms with Gasteiger partial charge in [0.15, 0.2) is 0 Å². The Morgan fingerprint density at radius 2 is 2.19 bits per heavy atom. The zero-order valence-electron chi connectivity index (χ0n) is 12.4. The summed E-state index contributed by atoms with van der Waals surface area (Å²) in [7, 11) is 3.93. The van der Waals surface area contributed by atoms with Crippen molar-refractivity contribution in [3.63, 3.8) is 0 Å². The van der Waals surface area contributed by atoms with Gasteiger partial charge in [0.2, 0.25) is 0 Å². The molecule has 1 N–H and O–H groups in total. The zero-order chi connectivity index (χ0) is 15.0. The van der Waals surface area contributed by atoms with Crippen molar-refractivity contribution in [2.45, 2.75) is 20.0 Å². The van der Waals surface area contributed by atoms with Gasteiger partial charge in [-0.2, -0.15) is 5.10 Å². The number of pyridine rings is 1. The minimum absolute atomic E-state index is 0.745.